The molecule has 1 aromatic heterocycles. The quantitative estimate of drug-likeness (QED) is 0.795. The molecule has 0 aliphatic heterocycles. The van der Waals surface area contributed by atoms with Gasteiger partial charge in [-0.25, -0.2) is 0 Å². The van der Waals surface area contributed by atoms with Crippen molar-refractivity contribution in [3.05, 3.63) is 45.6 Å². The minimum atomic E-state index is 0.289. The van der Waals surface area contributed by atoms with Crippen LogP contribution in [0, 0.1) is 13.8 Å². The first-order chi connectivity index (χ1) is 8.06. The van der Waals surface area contributed by atoms with Crippen LogP contribution in [0.1, 0.15) is 28.3 Å². The standard InChI is InChI=1S/C14H17NOS/c1-9-8-12(16)5-6-13(9)15-11(3)14-7-4-10(2)17-14/h4-8,11,15-16H,1-3H3. The molecule has 0 saturated heterocycles. The topological polar surface area (TPSA) is 32.3 Å². The molecule has 1 heterocycles. The molecule has 90 valence electrons. The van der Waals surface area contributed by atoms with Crippen molar-refractivity contribution >= 4 is 17.0 Å². The van der Waals surface area contributed by atoms with Gasteiger partial charge in [-0.05, 0) is 56.7 Å². The molecule has 2 nitrogen and oxygen atoms in total. The van der Waals surface area contributed by atoms with Crippen molar-refractivity contribution in [1.82, 2.24) is 0 Å². The van der Waals surface area contributed by atoms with Gasteiger partial charge in [0.15, 0.2) is 0 Å². The highest BCUT2D eigenvalue weighted by Gasteiger charge is 2.08. The number of nitrogens with one attached hydrogen (secondary N) is 1. The van der Waals surface area contributed by atoms with Crippen LogP contribution in [0.2, 0.25) is 0 Å². The smallest absolute Gasteiger partial charge is 0.115 e. The molecular formula is C14H17NOS. The maximum Gasteiger partial charge on any atom is 0.115 e. The maximum absolute atomic E-state index is 9.37. The van der Waals surface area contributed by atoms with Gasteiger partial charge in [-0.1, -0.05) is 0 Å². The number of rotatable bonds is 3. The van der Waals surface area contributed by atoms with Crippen LogP contribution in [-0.4, -0.2) is 5.11 Å². The highest BCUT2D eigenvalue weighted by Crippen LogP contribution is 2.28. The fourth-order valence-electron chi connectivity index (χ4n) is 1.80. The van der Waals surface area contributed by atoms with Crippen molar-refractivity contribution in [2.45, 2.75) is 26.8 Å². The van der Waals surface area contributed by atoms with Crippen molar-refractivity contribution in [2.24, 2.45) is 0 Å². The highest BCUT2D eigenvalue weighted by molar-refractivity contribution is 7.12. The fourth-order valence-corrected chi connectivity index (χ4v) is 2.68. The Hall–Kier alpha value is -1.48. The van der Waals surface area contributed by atoms with E-state index in [-0.39, 0.29) is 6.04 Å². The molecule has 1 aromatic carbocycles. The molecule has 1 atom stereocenters. The molecular weight excluding hydrogens is 230 g/mol. The molecule has 0 bridgehead atoms. The van der Waals surface area contributed by atoms with Gasteiger partial charge in [0.25, 0.3) is 0 Å². The Bertz CT molecular complexity index is 519. The summed E-state index contributed by atoms with van der Waals surface area (Å²) in [6.07, 6.45) is 0. The number of hydrogen-bond donors (Lipinski definition) is 2. The van der Waals surface area contributed by atoms with Crippen LogP contribution in [-0.2, 0) is 0 Å². The first kappa shape index (κ1) is 12.0. The summed E-state index contributed by atoms with van der Waals surface area (Å²) in [6.45, 7) is 6.26. The van der Waals surface area contributed by atoms with E-state index in [2.05, 4.69) is 31.3 Å². The predicted octanol–water partition coefficient (Wildman–Crippen LogP) is 4.24. The van der Waals surface area contributed by atoms with Crippen LogP contribution < -0.4 is 5.32 Å². The van der Waals surface area contributed by atoms with Gasteiger partial charge in [0.05, 0.1) is 6.04 Å². The molecule has 0 radical (unpaired) electrons. The number of phenols is 1. The molecule has 0 aliphatic carbocycles. The van der Waals surface area contributed by atoms with Crippen molar-refractivity contribution < 1.29 is 5.11 Å². The Balaban J connectivity index is 2.15. The maximum atomic E-state index is 9.37. The third-order valence-electron chi connectivity index (χ3n) is 2.77. The third kappa shape index (κ3) is 2.80. The summed E-state index contributed by atoms with van der Waals surface area (Å²) in [5.74, 6) is 0.313. The number of phenolic OH excluding ortho intramolecular Hbond substituents is 1. The summed E-state index contributed by atoms with van der Waals surface area (Å²) >= 11 is 1.81. The number of thiophene rings is 1. The van der Waals surface area contributed by atoms with E-state index in [1.165, 1.54) is 9.75 Å². The second kappa shape index (κ2) is 4.80. The van der Waals surface area contributed by atoms with E-state index in [0.717, 1.165) is 11.3 Å². The van der Waals surface area contributed by atoms with Gasteiger partial charge in [0.2, 0.25) is 0 Å². The van der Waals surface area contributed by atoms with Crippen LogP contribution in [0.15, 0.2) is 30.3 Å². The Morgan fingerprint density at radius 1 is 1.18 bits per heavy atom. The Morgan fingerprint density at radius 3 is 2.53 bits per heavy atom. The summed E-state index contributed by atoms with van der Waals surface area (Å²) in [4.78, 5) is 2.66. The van der Waals surface area contributed by atoms with E-state index in [0.29, 0.717) is 5.75 Å². The number of aromatic hydroxyl groups is 1. The fraction of sp³-hybridized carbons (Fsp3) is 0.286. The van der Waals surface area contributed by atoms with E-state index in [9.17, 15) is 5.11 Å². The minimum absolute atomic E-state index is 0.289. The van der Waals surface area contributed by atoms with Crippen LogP contribution in [0.25, 0.3) is 0 Å². The molecule has 2 aromatic rings. The lowest BCUT2D eigenvalue weighted by atomic mass is 10.1. The average molecular weight is 247 g/mol. The SMILES string of the molecule is Cc1ccc(C(C)Nc2ccc(O)cc2C)s1. The average Bonchev–Trinajstić information content (AvgIpc) is 2.69. The van der Waals surface area contributed by atoms with E-state index in [4.69, 9.17) is 0 Å². The van der Waals surface area contributed by atoms with E-state index < -0.39 is 0 Å². The third-order valence-corrected chi connectivity index (χ3v) is 3.95. The van der Waals surface area contributed by atoms with Crippen LogP contribution in [0.3, 0.4) is 0 Å². The van der Waals surface area contributed by atoms with Gasteiger partial charge in [-0.2, -0.15) is 0 Å². The normalized spacial score (nSPS) is 12.4. The van der Waals surface area contributed by atoms with Crippen LogP contribution in [0.4, 0.5) is 5.69 Å². The molecule has 0 amide bonds. The van der Waals surface area contributed by atoms with Gasteiger partial charge >= 0.3 is 0 Å². The zero-order valence-electron chi connectivity index (χ0n) is 10.3. The zero-order chi connectivity index (χ0) is 12.4. The van der Waals surface area contributed by atoms with E-state index in [1.807, 2.05) is 24.3 Å². The number of hydrogen-bond acceptors (Lipinski definition) is 3. The van der Waals surface area contributed by atoms with Crippen molar-refractivity contribution in [1.29, 1.82) is 0 Å². The number of aryl methyl sites for hydroxylation is 2. The van der Waals surface area contributed by atoms with Crippen LogP contribution in [0.5, 0.6) is 5.75 Å². The lowest BCUT2D eigenvalue weighted by Gasteiger charge is -2.15. The van der Waals surface area contributed by atoms with Crippen LogP contribution >= 0.6 is 11.3 Å². The van der Waals surface area contributed by atoms with Crippen molar-refractivity contribution in [2.75, 3.05) is 5.32 Å². The zero-order valence-corrected chi connectivity index (χ0v) is 11.1. The lowest BCUT2D eigenvalue weighted by Crippen LogP contribution is -2.05. The molecule has 2 rings (SSSR count). The summed E-state index contributed by atoms with van der Waals surface area (Å²) < 4.78 is 0. The Morgan fingerprint density at radius 2 is 1.94 bits per heavy atom. The minimum Gasteiger partial charge on any atom is -0.508 e. The Kier molecular flexibility index (Phi) is 3.38. The van der Waals surface area contributed by atoms with Gasteiger partial charge in [0, 0.05) is 15.4 Å². The molecule has 0 aliphatic rings. The molecule has 0 saturated carbocycles. The summed E-state index contributed by atoms with van der Waals surface area (Å²) in [7, 11) is 0. The second-order valence-corrected chi connectivity index (χ2v) is 5.63. The molecule has 17 heavy (non-hydrogen) atoms. The molecule has 3 heteroatoms. The Labute approximate surface area is 106 Å². The molecule has 2 N–H and O–H groups in total. The lowest BCUT2D eigenvalue weighted by molar-refractivity contribution is 0.475. The summed E-state index contributed by atoms with van der Waals surface area (Å²) in [5.41, 5.74) is 2.13. The van der Waals surface area contributed by atoms with Crippen molar-refractivity contribution in [3.8, 4) is 5.75 Å². The van der Waals surface area contributed by atoms with Gasteiger partial charge in [-0.15, -0.1) is 11.3 Å². The van der Waals surface area contributed by atoms with Crippen molar-refractivity contribution in [3.63, 3.8) is 0 Å². The summed E-state index contributed by atoms with van der Waals surface area (Å²) in [6, 6.07) is 9.99. The first-order valence-electron chi connectivity index (χ1n) is 5.69. The predicted molar refractivity (Wildman–Crippen MR) is 73.9 cm³/mol. The van der Waals surface area contributed by atoms with Gasteiger partial charge in [0.1, 0.15) is 5.75 Å². The molecule has 0 fully saturated rings. The van der Waals surface area contributed by atoms with Gasteiger partial charge in [-0.3, -0.25) is 0 Å². The van der Waals surface area contributed by atoms with E-state index >= 15 is 0 Å². The van der Waals surface area contributed by atoms with E-state index in [1.54, 1.807) is 12.1 Å². The summed E-state index contributed by atoms with van der Waals surface area (Å²) in [5, 5.41) is 12.8. The molecule has 1 unspecified atom stereocenters. The number of anilines is 1. The van der Waals surface area contributed by atoms with Gasteiger partial charge < -0.3 is 10.4 Å². The largest absolute Gasteiger partial charge is 0.508 e. The monoisotopic (exact) mass is 247 g/mol. The number of benzene rings is 1. The molecule has 0 spiro atoms. The first-order valence-corrected chi connectivity index (χ1v) is 6.50. The highest BCUT2D eigenvalue weighted by atomic mass is 32.1. The second-order valence-electron chi connectivity index (χ2n) is 4.31.